The van der Waals surface area contributed by atoms with Gasteiger partial charge in [-0.2, -0.15) is 0 Å². The first kappa shape index (κ1) is 16.2. The average molecular weight is 361 g/mol. The molecule has 5 heteroatoms. The van der Waals surface area contributed by atoms with Gasteiger partial charge in [0, 0.05) is 9.75 Å². The SMILES string of the molecule is Cc1ccsc1[C@@H]1NC(=O)c2c(sc3c2CC[C@@H](C(C)(C)C)C3)N1. The van der Waals surface area contributed by atoms with Crippen molar-refractivity contribution in [3.8, 4) is 0 Å². The van der Waals surface area contributed by atoms with Crippen molar-refractivity contribution >= 4 is 33.6 Å². The summed E-state index contributed by atoms with van der Waals surface area (Å²) in [5.41, 5.74) is 3.76. The number of carbonyl (C=O) groups is 1. The van der Waals surface area contributed by atoms with Crippen LogP contribution in [0, 0.1) is 18.3 Å². The second kappa shape index (κ2) is 5.60. The van der Waals surface area contributed by atoms with E-state index in [0.29, 0.717) is 11.3 Å². The summed E-state index contributed by atoms with van der Waals surface area (Å²) in [7, 11) is 0. The number of hydrogen-bond acceptors (Lipinski definition) is 4. The summed E-state index contributed by atoms with van der Waals surface area (Å²) in [4.78, 5) is 15.4. The Morgan fingerprint density at radius 1 is 1.25 bits per heavy atom. The van der Waals surface area contributed by atoms with E-state index >= 15 is 0 Å². The van der Waals surface area contributed by atoms with E-state index in [0.717, 1.165) is 23.4 Å². The van der Waals surface area contributed by atoms with Gasteiger partial charge in [0.25, 0.3) is 5.91 Å². The minimum atomic E-state index is -0.0940. The molecule has 2 aliphatic rings. The molecule has 0 radical (unpaired) electrons. The van der Waals surface area contributed by atoms with Crippen molar-refractivity contribution in [3.63, 3.8) is 0 Å². The first-order chi connectivity index (χ1) is 11.3. The van der Waals surface area contributed by atoms with Gasteiger partial charge < -0.3 is 10.6 Å². The van der Waals surface area contributed by atoms with Gasteiger partial charge in [-0.05, 0) is 60.1 Å². The van der Waals surface area contributed by atoms with E-state index < -0.39 is 0 Å². The summed E-state index contributed by atoms with van der Waals surface area (Å²) in [5.74, 6) is 0.789. The summed E-state index contributed by atoms with van der Waals surface area (Å²) in [5, 5.41) is 9.89. The van der Waals surface area contributed by atoms with Crippen LogP contribution < -0.4 is 10.6 Å². The summed E-state index contributed by atoms with van der Waals surface area (Å²) < 4.78 is 0. The van der Waals surface area contributed by atoms with Crippen LogP contribution in [0.3, 0.4) is 0 Å². The number of aryl methyl sites for hydroxylation is 1. The molecule has 2 N–H and O–H groups in total. The van der Waals surface area contributed by atoms with Crippen molar-refractivity contribution in [2.45, 2.75) is 53.1 Å². The van der Waals surface area contributed by atoms with E-state index in [1.54, 1.807) is 22.7 Å². The number of hydrogen-bond donors (Lipinski definition) is 2. The molecule has 0 fully saturated rings. The molecule has 0 saturated carbocycles. The van der Waals surface area contributed by atoms with Crippen molar-refractivity contribution in [2.24, 2.45) is 11.3 Å². The van der Waals surface area contributed by atoms with Crippen LogP contribution in [0.5, 0.6) is 0 Å². The lowest BCUT2D eigenvalue weighted by atomic mass is 9.72. The monoisotopic (exact) mass is 360 g/mol. The van der Waals surface area contributed by atoms with E-state index in [9.17, 15) is 4.79 Å². The maximum absolute atomic E-state index is 12.8. The summed E-state index contributed by atoms with van der Waals surface area (Å²) >= 11 is 3.50. The predicted molar refractivity (Wildman–Crippen MR) is 102 cm³/mol. The smallest absolute Gasteiger partial charge is 0.256 e. The van der Waals surface area contributed by atoms with Gasteiger partial charge in [-0.1, -0.05) is 20.8 Å². The number of carbonyl (C=O) groups excluding carboxylic acids is 1. The standard InChI is InChI=1S/C19H24N2OS2/c1-10-7-8-23-15(10)16-20-17(22)14-12-6-5-11(19(2,3)4)9-13(12)24-18(14)21-16/h7-8,11,16,21H,5-6,9H2,1-4H3,(H,20,22)/t11-,16-/m1/s1. The Labute approximate surface area is 151 Å². The normalized spacial score (nSPS) is 23.2. The molecule has 1 aliphatic heterocycles. The van der Waals surface area contributed by atoms with Crippen molar-refractivity contribution in [1.82, 2.24) is 5.32 Å². The molecule has 4 rings (SSSR count). The van der Waals surface area contributed by atoms with Crippen LogP contribution in [0.1, 0.15) is 64.6 Å². The molecule has 0 aromatic carbocycles. The maximum Gasteiger partial charge on any atom is 0.256 e. The van der Waals surface area contributed by atoms with E-state index in [2.05, 4.69) is 49.8 Å². The van der Waals surface area contributed by atoms with Crippen LogP contribution in [0.2, 0.25) is 0 Å². The highest BCUT2D eigenvalue weighted by Gasteiger charge is 2.36. The van der Waals surface area contributed by atoms with E-state index in [1.165, 1.54) is 27.3 Å². The van der Waals surface area contributed by atoms with E-state index in [4.69, 9.17) is 0 Å². The van der Waals surface area contributed by atoms with Crippen LogP contribution in [-0.4, -0.2) is 5.91 Å². The summed E-state index contributed by atoms with van der Waals surface area (Å²) in [6, 6.07) is 2.11. The number of amides is 1. The number of anilines is 1. The fourth-order valence-corrected chi connectivity index (χ4v) is 6.13. The topological polar surface area (TPSA) is 41.1 Å². The lowest BCUT2D eigenvalue weighted by molar-refractivity contribution is 0.0935. The van der Waals surface area contributed by atoms with E-state index in [1.807, 2.05) is 0 Å². The molecule has 1 aliphatic carbocycles. The van der Waals surface area contributed by atoms with Crippen molar-refractivity contribution in [3.05, 3.63) is 37.9 Å². The second-order valence-corrected chi connectivity index (χ2v) is 10.1. The zero-order chi connectivity index (χ0) is 17.1. The molecule has 2 atom stereocenters. The molecule has 2 aromatic heterocycles. The third kappa shape index (κ3) is 2.58. The van der Waals surface area contributed by atoms with Crippen LogP contribution in [0.25, 0.3) is 0 Å². The van der Waals surface area contributed by atoms with Crippen molar-refractivity contribution in [1.29, 1.82) is 0 Å². The lowest BCUT2D eigenvalue weighted by Crippen LogP contribution is -2.38. The zero-order valence-corrected chi connectivity index (χ0v) is 16.3. The Balaban J connectivity index is 1.67. The fraction of sp³-hybridized carbons (Fsp3) is 0.526. The minimum absolute atomic E-state index is 0.0910. The second-order valence-electron chi connectivity index (χ2n) is 8.03. The van der Waals surface area contributed by atoms with Gasteiger partial charge >= 0.3 is 0 Å². The van der Waals surface area contributed by atoms with E-state index in [-0.39, 0.29) is 12.1 Å². The molecule has 0 bridgehead atoms. The first-order valence-corrected chi connectivity index (χ1v) is 10.3. The van der Waals surface area contributed by atoms with Crippen LogP contribution >= 0.6 is 22.7 Å². The average Bonchev–Trinajstić information content (AvgIpc) is 3.08. The molecule has 0 spiro atoms. The third-order valence-electron chi connectivity index (χ3n) is 5.43. The number of nitrogens with one attached hydrogen (secondary N) is 2. The quantitative estimate of drug-likeness (QED) is 0.741. The Morgan fingerprint density at radius 3 is 2.71 bits per heavy atom. The highest BCUT2D eigenvalue weighted by molar-refractivity contribution is 7.16. The van der Waals surface area contributed by atoms with Crippen molar-refractivity contribution in [2.75, 3.05) is 5.32 Å². The minimum Gasteiger partial charge on any atom is -0.352 e. The molecular formula is C19H24N2OS2. The van der Waals surface area contributed by atoms with Gasteiger partial charge in [0.2, 0.25) is 0 Å². The van der Waals surface area contributed by atoms with Gasteiger partial charge in [0.1, 0.15) is 11.2 Å². The molecule has 0 saturated heterocycles. The molecule has 0 unspecified atom stereocenters. The van der Waals surface area contributed by atoms with Crippen LogP contribution in [-0.2, 0) is 12.8 Å². The highest BCUT2D eigenvalue weighted by Crippen LogP contribution is 2.46. The van der Waals surface area contributed by atoms with Gasteiger partial charge in [0.15, 0.2) is 0 Å². The largest absolute Gasteiger partial charge is 0.352 e. The summed E-state index contributed by atoms with van der Waals surface area (Å²) in [6.07, 6.45) is 3.22. The molecule has 3 nitrogen and oxygen atoms in total. The molecule has 24 heavy (non-hydrogen) atoms. The van der Waals surface area contributed by atoms with Gasteiger partial charge in [-0.15, -0.1) is 22.7 Å². The van der Waals surface area contributed by atoms with Gasteiger partial charge in [-0.3, -0.25) is 4.79 Å². The van der Waals surface area contributed by atoms with Crippen LogP contribution in [0.4, 0.5) is 5.00 Å². The Kier molecular flexibility index (Phi) is 3.77. The van der Waals surface area contributed by atoms with Gasteiger partial charge in [0.05, 0.1) is 5.56 Å². The lowest BCUT2D eigenvalue weighted by Gasteiger charge is -2.34. The summed E-state index contributed by atoms with van der Waals surface area (Å²) in [6.45, 7) is 9.09. The zero-order valence-electron chi connectivity index (χ0n) is 14.7. The van der Waals surface area contributed by atoms with Crippen molar-refractivity contribution < 1.29 is 4.79 Å². The first-order valence-electron chi connectivity index (χ1n) is 8.60. The molecule has 1 amide bonds. The van der Waals surface area contributed by atoms with Gasteiger partial charge in [-0.25, -0.2) is 0 Å². The Bertz CT molecular complexity index is 797. The van der Waals surface area contributed by atoms with Crippen LogP contribution in [0.15, 0.2) is 11.4 Å². The molecule has 128 valence electrons. The highest BCUT2D eigenvalue weighted by atomic mass is 32.1. The number of fused-ring (bicyclic) bond motifs is 3. The molecule has 2 aromatic rings. The predicted octanol–water partition coefficient (Wildman–Crippen LogP) is 5.12. The third-order valence-corrected chi connectivity index (χ3v) is 7.70. The fourth-order valence-electron chi connectivity index (χ4n) is 3.85. The number of rotatable bonds is 1. The molecule has 3 heterocycles. The number of thiophene rings is 2. The Morgan fingerprint density at radius 2 is 2.04 bits per heavy atom. The maximum atomic E-state index is 12.8. The Hall–Kier alpha value is -1.33. The molecular weight excluding hydrogens is 336 g/mol.